The maximum atomic E-state index is 11.2. The van der Waals surface area contributed by atoms with Crippen molar-refractivity contribution < 1.29 is 4.79 Å². The van der Waals surface area contributed by atoms with E-state index in [1.165, 1.54) is 0 Å². The summed E-state index contributed by atoms with van der Waals surface area (Å²) in [4.78, 5) is 13.4. The predicted molar refractivity (Wildman–Crippen MR) is 52.4 cm³/mol. The van der Waals surface area contributed by atoms with Crippen LogP contribution in [0.5, 0.6) is 0 Å². The zero-order valence-corrected chi connectivity index (χ0v) is 7.88. The number of nitrogens with zero attached hydrogens (tertiary/aromatic N) is 1. The second-order valence-corrected chi connectivity index (χ2v) is 3.30. The van der Waals surface area contributed by atoms with Crippen LogP contribution in [0, 0.1) is 12.3 Å². The molecule has 1 rings (SSSR count). The highest BCUT2D eigenvalue weighted by atomic mass is 16.1. The summed E-state index contributed by atoms with van der Waals surface area (Å²) in [5, 5.41) is 3.29. The van der Waals surface area contributed by atoms with Crippen LogP contribution in [-0.2, 0) is 4.79 Å². The Balaban J connectivity index is 2.26. The Bertz CT molecular complexity index is 199. The third kappa shape index (κ3) is 4.07. The van der Waals surface area contributed by atoms with Gasteiger partial charge >= 0.3 is 0 Å². The molecule has 0 bridgehead atoms. The molecular weight excluding hydrogens is 164 g/mol. The first-order valence-electron chi connectivity index (χ1n) is 4.71. The lowest BCUT2D eigenvalue weighted by Gasteiger charge is -2.17. The maximum Gasteiger partial charge on any atom is 0.158 e. The van der Waals surface area contributed by atoms with E-state index in [-0.39, 0.29) is 12.2 Å². The van der Waals surface area contributed by atoms with E-state index in [0.717, 1.165) is 32.6 Å². The topological polar surface area (TPSA) is 32.3 Å². The number of carbonyl (C=O) groups is 1. The van der Waals surface area contributed by atoms with Gasteiger partial charge in [0.1, 0.15) is 0 Å². The summed E-state index contributed by atoms with van der Waals surface area (Å²) >= 11 is 0. The molecule has 0 aromatic rings. The number of hydrogen-bond donors (Lipinski definition) is 1. The van der Waals surface area contributed by atoms with E-state index in [4.69, 9.17) is 6.42 Å². The number of hydrogen-bond acceptors (Lipinski definition) is 3. The minimum Gasteiger partial charge on any atom is -0.315 e. The van der Waals surface area contributed by atoms with Crippen molar-refractivity contribution >= 4 is 5.78 Å². The van der Waals surface area contributed by atoms with Crippen molar-refractivity contribution in [3.8, 4) is 12.3 Å². The summed E-state index contributed by atoms with van der Waals surface area (Å²) in [6.45, 7) is 4.51. The Labute approximate surface area is 79.5 Å². The molecule has 0 unspecified atom stereocenters. The minimum absolute atomic E-state index is 0.157. The average molecular weight is 180 g/mol. The third-order valence-electron chi connectivity index (χ3n) is 2.13. The Morgan fingerprint density at radius 3 is 3.08 bits per heavy atom. The average Bonchev–Trinajstić information content (AvgIpc) is 2.33. The van der Waals surface area contributed by atoms with Gasteiger partial charge in [0.15, 0.2) is 5.78 Å². The number of carbonyl (C=O) groups excluding carboxylic acids is 1. The number of rotatable bonds is 3. The van der Waals surface area contributed by atoms with Crippen molar-refractivity contribution in [1.29, 1.82) is 0 Å². The minimum atomic E-state index is 0.157. The zero-order valence-electron chi connectivity index (χ0n) is 7.88. The van der Waals surface area contributed by atoms with Gasteiger partial charge in [-0.1, -0.05) is 5.92 Å². The molecule has 0 atom stereocenters. The molecule has 1 fully saturated rings. The van der Waals surface area contributed by atoms with Crippen LogP contribution >= 0.6 is 0 Å². The highest BCUT2D eigenvalue weighted by molar-refractivity contribution is 5.82. The molecule has 1 aliphatic rings. The molecule has 0 amide bonds. The summed E-state index contributed by atoms with van der Waals surface area (Å²) in [5.41, 5.74) is 0. The first kappa shape index (κ1) is 10.2. The van der Waals surface area contributed by atoms with Gasteiger partial charge in [0.25, 0.3) is 0 Å². The predicted octanol–water partition coefficient (Wildman–Crippen LogP) is -0.126. The lowest BCUT2D eigenvalue weighted by molar-refractivity contribution is -0.119. The van der Waals surface area contributed by atoms with E-state index in [2.05, 4.69) is 16.1 Å². The fourth-order valence-corrected chi connectivity index (χ4v) is 1.48. The van der Waals surface area contributed by atoms with Gasteiger partial charge in [-0.3, -0.25) is 9.69 Å². The molecule has 13 heavy (non-hydrogen) atoms. The summed E-state index contributed by atoms with van der Waals surface area (Å²) in [7, 11) is 0. The van der Waals surface area contributed by atoms with Crippen LogP contribution in [0.25, 0.3) is 0 Å². The number of terminal acetylenes is 1. The van der Waals surface area contributed by atoms with E-state index in [9.17, 15) is 4.79 Å². The SMILES string of the molecule is C#CCC(=O)CN1CCCNCC1. The molecule has 0 radical (unpaired) electrons. The summed E-state index contributed by atoms with van der Waals surface area (Å²) in [6.07, 6.45) is 6.45. The molecule has 72 valence electrons. The van der Waals surface area contributed by atoms with Crippen molar-refractivity contribution in [3.63, 3.8) is 0 Å². The molecule has 3 nitrogen and oxygen atoms in total. The normalized spacial score (nSPS) is 19.0. The van der Waals surface area contributed by atoms with Gasteiger partial charge in [0.05, 0.1) is 13.0 Å². The molecule has 1 N–H and O–H groups in total. The second kappa shape index (κ2) is 5.74. The van der Waals surface area contributed by atoms with E-state index in [0.29, 0.717) is 6.54 Å². The fourth-order valence-electron chi connectivity index (χ4n) is 1.48. The lowest BCUT2D eigenvalue weighted by Crippen LogP contribution is -2.32. The van der Waals surface area contributed by atoms with E-state index in [1.54, 1.807) is 0 Å². The highest BCUT2D eigenvalue weighted by Gasteiger charge is 2.11. The molecule has 3 heteroatoms. The summed E-state index contributed by atoms with van der Waals surface area (Å²) in [5.74, 6) is 2.54. The number of ketones is 1. The number of Topliss-reactive ketones (excluding diaryl/α,β-unsaturated/α-hetero) is 1. The van der Waals surface area contributed by atoms with Crippen molar-refractivity contribution in [2.75, 3.05) is 32.7 Å². The van der Waals surface area contributed by atoms with Crippen LogP contribution in [0.1, 0.15) is 12.8 Å². The summed E-state index contributed by atoms with van der Waals surface area (Å²) in [6, 6.07) is 0. The lowest BCUT2D eigenvalue weighted by atomic mass is 10.2. The molecule has 0 aromatic heterocycles. The van der Waals surface area contributed by atoms with Gasteiger partial charge in [0, 0.05) is 13.1 Å². The number of nitrogens with one attached hydrogen (secondary N) is 1. The molecular formula is C10H16N2O. The Kier molecular flexibility index (Phi) is 4.52. The van der Waals surface area contributed by atoms with Gasteiger partial charge in [0.2, 0.25) is 0 Å². The third-order valence-corrected chi connectivity index (χ3v) is 2.13. The van der Waals surface area contributed by atoms with Crippen molar-refractivity contribution in [2.24, 2.45) is 0 Å². The summed E-state index contributed by atoms with van der Waals surface area (Å²) < 4.78 is 0. The van der Waals surface area contributed by atoms with Crippen LogP contribution in [0.15, 0.2) is 0 Å². The van der Waals surface area contributed by atoms with Gasteiger partial charge in [-0.15, -0.1) is 6.42 Å². The smallest absolute Gasteiger partial charge is 0.158 e. The van der Waals surface area contributed by atoms with Gasteiger partial charge < -0.3 is 5.32 Å². The molecule has 1 saturated heterocycles. The molecule has 0 aromatic carbocycles. The van der Waals surface area contributed by atoms with Crippen LogP contribution in [0.2, 0.25) is 0 Å². The van der Waals surface area contributed by atoms with E-state index in [1.807, 2.05) is 0 Å². The Hall–Kier alpha value is -0.850. The Morgan fingerprint density at radius 1 is 1.46 bits per heavy atom. The highest BCUT2D eigenvalue weighted by Crippen LogP contribution is 1.96. The van der Waals surface area contributed by atoms with Crippen LogP contribution in [0.3, 0.4) is 0 Å². The molecule has 0 spiro atoms. The largest absolute Gasteiger partial charge is 0.315 e. The maximum absolute atomic E-state index is 11.2. The van der Waals surface area contributed by atoms with Crippen LogP contribution in [-0.4, -0.2) is 43.4 Å². The van der Waals surface area contributed by atoms with Gasteiger partial charge in [-0.2, -0.15) is 0 Å². The van der Waals surface area contributed by atoms with Gasteiger partial charge in [-0.25, -0.2) is 0 Å². The Morgan fingerprint density at radius 2 is 2.31 bits per heavy atom. The molecule has 0 aliphatic carbocycles. The standard InChI is InChI=1S/C10H16N2O/c1-2-4-10(13)9-12-7-3-5-11-6-8-12/h1,11H,3-9H2. The van der Waals surface area contributed by atoms with E-state index < -0.39 is 0 Å². The quantitative estimate of drug-likeness (QED) is 0.614. The fraction of sp³-hybridized carbons (Fsp3) is 0.700. The van der Waals surface area contributed by atoms with Crippen LogP contribution < -0.4 is 5.32 Å². The first-order chi connectivity index (χ1) is 6.33. The van der Waals surface area contributed by atoms with Crippen molar-refractivity contribution in [1.82, 2.24) is 10.2 Å². The van der Waals surface area contributed by atoms with Crippen molar-refractivity contribution in [3.05, 3.63) is 0 Å². The molecule has 1 aliphatic heterocycles. The van der Waals surface area contributed by atoms with Crippen LogP contribution in [0.4, 0.5) is 0 Å². The van der Waals surface area contributed by atoms with Crippen molar-refractivity contribution in [2.45, 2.75) is 12.8 Å². The van der Waals surface area contributed by atoms with Gasteiger partial charge in [-0.05, 0) is 19.5 Å². The molecule has 1 heterocycles. The molecule has 0 saturated carbocycles. The second-order valence-electron chi connectivity index (χ2n) is 3.30. The first-order valence-corrected chi connectivity index (χ1v) is 4.71. The van der Waals surface area contributed by atoms with E-state index >= 15 is 0 Å². The zero-order chi connectivity index (χ0) is 9.52. The monoisotopic (exact) mass is 180 g/mol.